The van der Waals surface area contributed by atoms with E-state index in [4.69, 9.17) is 4.74 Å². The Hall–Kier alpha value is -2.73. The number of ether oxygens (including phenoxy) is 1. The van der Waals surface area contributed by atoms with Crippen molar-refractivity contribution < 1.29 is 18.7 Å². The normalized spacial score (nSPS) is 20.6. The Morgan fingerprint density at radius 1 is 1.14 bits per heavy atom. The van der Waals surface area contributed by atoms with Gasteiger partial charge in [0.2, 0.25) is 5.91 Å². The molecule has 2 aromatic carbocycles. The molecule has 29 heavy (non-hydrogen) atoms. The number of nitrogens with one attached hydrogen (secondary N) is 1. The average molecular weight is 396 g/mol. The maximum atomic E-state index is 13.5. The van der Waals surface area contributed by atoms with Gasteiger partial charge >= 0.3 is 0 Å². The standard InChI is InChI=1S/C23H25FN2O3/c1-16-5-2-3-8-19(16)22(28)26-14-20(23(15-26)9-11-29-12-10-23)21(27)25-18-7-4-6-17(24)13-18/h2-8,13,20H,9-12,14-15H2,1H3,(H,25,27)/t20-/m1/s1. The number of rotatable bonds is 3. The fourth-order valence-electron chi connectivity index (χ4n) is 4.55. The Morgan fingerprint density at radius 2 is 1.90 bits per heavy atom. The quantitative estimate of drug-likeness (QED) is 0.862. The summed E-state index contributed by atoms with van der Waals surface area (Å²) in [6.45, 7) is 3.97. The number of carbonyl (C=O) groups excluding carboxylic acids is 2. The molecule has 0 saturated carbocycles. The third-order valence-corrected chi connectivity index (χ3v) is 6.21. The van der Waals surface area contributed by atoms with Crippen LogP contribution >= 0.6 is 0 Å². The largest absolute Gasteiger partial charge is 0.381 e. The molecule has 1 N–H and O–H groups in total. The minimum atomic E-state index is -0.397. The van der Waals surface area contributed by atoms with Crippen LogP contribution in [0.2, 0.25) is 0 Å². The molecule has 2 aromatic rings. The number of hydrogen-bond acceptors (Lipinski definition) is 3. The van der Waals surface area contributed by atoms with Gasteiger partial charge in [-0.1, -0.05) is 24.3 Å². The lowest BCUT2D eigenvalue weighted by Gasteiger charge is -2.37. The van der Waals surface area contributed by atoms with E-state index >= 15 is 0 Å². The lowest BCUT2D eigenvalue weighted by atomic mass is 9.71. The minimum absolute atomic E-state index is 0.0463. The van der Waals surface area contributed by atoms with Gasteiger partial charge < -0.3 is 15.0 Å². The van der Waals surface area contributed by atoms with Crippen LogP contribution < -0.4 is 5.32 Å². The molecule has 0 bridgehead atoms. The van der Waals surface area contributed by atoms with Crippen LogP contribution in [0.25, 0.3) is 0 Å². The third-order valence-electron chi connectivity index (χ3n) is 6.21. The molecule has 2 aliphatic heterocycles. The zero-order chi connectivity index (χ0) is 20.4. The summed E-state index contributed by atoms with van der Waals surface area (Å²) in [7, 11) is 0. The van der Waals surface area contributed by atoms with Crippen molar-refractivity contribution in [1.29, 1.82) is 0 Å². The monoisotopic (exact) mass is 396 g/mol. The molecule has 2 amide bonds. The molecular weight excluding hydrogens is 371 g/mol. The number of aryl methyl sites for hydroxylation is 1. The van der Waals surface area contributed by atoms with E-state index in [1.165, 1.54) is 12.1 Å². The van der Waals surface area contributed by atoms with Crippen molar-refractivity contribution in [3.8, 4) is 0 Å². The summed E-state index contributed by atoms with van der Waals surface area (Å²) in [5, 5.41) is 2.85. The van der Waals surface area contributed by atoms with E-state index in [9.17, 15) is 14.0 Å². The number of anilines is 1. The fourth-order valence-corrected chi connectivity index (χ4v) is 4.55. The number of halogens is 1. The maximum absolute atomic E-state index is 13.5. The molecule has 1 atom stereocenters. The first-order chi connectivity index (χ1) is 14.0. The Bertz CT molecular complexity index is 924. The molecule has 2 fully saturated rings. The average Bonchev–Trinajstić information content (AvgIpc) is 3.07. The van der Waals surface area contributed by atoms with Gasteiger partial charge in [0.05, 0.1) is 5.92 Å². The third kappa shape index (κ3) is 3.90. The zero-order valence-corrected chi connectivity index (χ0v) is 16.5. The highest BCUT2D eigenvalue weighted by atomic mass is 19.1. The van der Waals surface area contributed by atoms with Gasteiger partial charge in [0, 0.05) is 43.0 Å². The van der Waals surface area contributed by atoms with Crippen molar-refractivity contribution in [2.75, 3.05) is 31.6 Å². The number of likely N-dealkylation sites (tertiary alicyclic amines) is 1. The topological polar surface area (TPSA) is 58.6 Å². The minimum Gasteiger partial charge on any atom is -0.381 e. The van der Waals surface area contributed by atoms with Crippen molar-refractivity contribution in [2.45, 2.75) is 19.8 Å². The van der Waals surface area contributed by atoms with E-state index < -0.39 is 5.82 Å². The van der Waals surface area contributed by atoms with E-state index in [0.717, 1.165) is 18.4 Å². The Kier molecular flexibility index (Phi) is 5.37. The molecule has 2 heterocycles. The Balaban J connectivity index is 1.58. The van der Waals surface area contributed by atoms with Gasteiger partial charge in [-0.25, -0.2) is 4.39 Å². The second-order valence-corrected chi connectivity index (χ2v) is 8.03. The first-order valence-corrected chi connectivity index (χ1v) is 9.98. The highest BCUT2D eigenvalue weighted by Crippen LogP contribution is 2.45. The molecule has 0 unspecified atom stereocenters. The maximum Gasteiger partial charge on any atom is 0.254 e. The van der Waals surface area contributed by atoms with Gasteiger partial charge in [0.25, 0.3) is 5.91 Å². The number of benzene rings is 2. The Morgan fingerprint density at radius 3 is 2.62 bits per heavy atom. The molecule has 2 aliphatic rings. The first kappa shape index (κ1) is 19.6. The van der Waals surface area contributed by atoms with E-state index in [0.29, 0.717) is 37.6 Å². The summed E-state index contributed by atoms with van der Waals surface area (Å²) in [5.74, 6) is -0.971. The van der Waals surface area contributed by atoms with Gasteiger partial charge in [0.15, 0.2) is 0 Å². The summed E-state index contributed by atoms with van der Waals surface area (Å²) in [6.07, 6.45) is 1.46. The second kappa shape index (κ2) is 7.95. The Labute approximate surface area is 169 Å². The molecule has 5 nitrogen and oxygen atoms in total. The van der Waals surface area contributed by atoms with Crippen LogP contribution in [0.15, 0.2) is 48.5 Å². The SMILES string of the molecule is Cc1ccccc1C(=O)N1C[C@H](C(=O)Nc2cccc(F)c2)C2(CCOCC2)C1. The van der Waals surface area contributed by atoms with E-state index in [1.54, 1.807) is 17.0 Å². The van der Waals surface area contributed by atoms with Gasteiger partial charge in [-0.3, -0.25) is 9.59 Å². The van der Waals surface area contributed by atoms with Crippen molar-refractivity contribution in [3.63, 3.8) is 0 Å². The second-order valence-electron chi connectivity index (χ2n) is 8.03. The van der Waals surface area contributed by atoms with E-state index in [-0.39, 0.29) is 23.1 Å². The fraction of sp³-hybridized carbons (Fsp3) is 0.391. The molecule has 0 radical (unpaired) electrons. The lowest BCUT2D eigenvalue weighted by Crippen LogP contribution is -2.42. The van der Waals surface area contributed by atoms with Crippen LogP contribution in [0.3, 0.4) is 0 Å². The van der Waals surface area contributed by atoms with Crippen LogP contribution in [0.4, 0.5) is 10.1 Å². The smallest absolute Gasteiger partial charge is 0.254 e. The molecular formula is C23H25FN2O3. The summed E-state index contributed by atoms with van der Waals surface area (Å²) in [4.78, 5) is 28.1. The van der Waals surface area contributed by atoms with Crippen molar-refractivity contribution in [2.24, 2.45) is 11.3 Å². The van der Waals surface area contributed by atoms with Crippen LogP contribution in [0, 0.1) is 24.1 Å². The molecule has 152 valence electrons. The highest BCUT2D eigenvalue weighted by molar-refractivity contribution is 5.98. The van der Waals surface area contributed by atoms with Crippen LogP contribution in [-0.2, 0) is 9.53 Å². The predicted molar refractivity (Wildman–Crippen MR) is 108 cm³/mol. The molecule has 4 rings (SSSR count). The van der Waals surface area contributed by atoms with Crippen molar-refractivity contribution >= 4 is 17.5 Å². The molecule has 1 spiro atoms. The predicted octanol–water partition coefficient (Wildman–Crippen LogP) is 3.64. The van der Waals surface area contributed by atoms with Gasteiger partial charge in [0.1, 0.15) is 5.82 Å². The summed E-state index contributed by atoms with van der Waals surface area (Å²) in [6, 6.07) is 13.4. The van der Waals surface area contributed by atoms with Crippen molar-refractivity contribution in [3.05, 3.63) is 65.5 Å². The lowest BCUT2D eigenvalue weighted by molar-refractivity contribution is -0.124. The van der Waals surface area contributed by atoms with E-state index in [1.807, 2.05) is 31.2 Å². The highest BCUT2D eigenvalue weighted by Gasteiger charge is 2.51. The summed E-state index contributed by atoms with van der Waals surface area (Å²) < 4.78 is 19.0. The van der Waals surface area contributed by atoms with E-state index in [2.05, 4.69) is 5.32 Å². The number of nitrogens with zero attached hydrogens (tertiary/aromatic N) is 1. The van der Waals surface area contributed by atoms with Gasteiger partial charge in [-0.2, -0.15) is 0 Å². The zero-order valence-electron chi connectivity index (χ0n) is 16.5. The van der Waals surface area contributed by atoms with Gasteiger partial charge in [-0.05, 0) is 49.6 Å². The summed E-state index contributed by atoms with van der Waals surface area (Å²) in [5.41, 5.74) is 1.71. The van der Waals surface area contributed by atoms with Crippen LogP contribution in [-0.4, -0.2) is 43.0 Å². The first-order valence-electron chi connectivity index (χ1n) is 9.98. The van der Waals surface area contributed by atoms with Crippen molar-refractivity contribution in [1.82, 2.24) is 4.90 Å². The molecule has 0 aliphatic carbocycles. The van der Waals surface area contributed by atoms with Crippen LogP contribution in [0.5, 0.6) is 0 Å². The number of carbonyl (C=O) groups is 2. The molecule has 0 aromatic heterocycles. The summed E-state index contributed by atoms with van der Waals surface area (Å²) >= 11 is 0. The molecule has 6 heteroatoms. The number of hydrogen-bond donors (Lipinski definition) is 1. The van der Waals surface area contributed by atoms with Gasteiger partial charge in [-0.15, -0.1) is 0 Å². The number of amides is 2. The van der Waals surface area contributed by atoms with Crippen LogP contribution in [0.1, 0.15) is 28.8 Å². The molecule has 2 saturated heterocycles.